The molecule has 8 aromatic carbocycles. The lowest BCUT2D eigenvalue weighted by Crippen LogP contribution is -2.11. The number of rotatable bonds is 6. The molecule has 10 aromatic rings. The van der Waals surface area contributed by atoms with Gasteiger partial charge in [0.2, 0.25) is 0 Å². The van der Waals surface area contributed by atoms with Gasteiger partial charge in [0, 0.05) is 28.4 Å². The molecule has 0 atom stereocenters. The van der Waals surface area contributed by atoms with Crippen molar-refractivity contribution in [2.45, 2.75) is 52.4 Å². The van der Waals surface area contributed by atoms with Crippen molar-refractivity contribution in [2.24, 2.45) is 0 Å². The predicted molar refractivity (Wildman–Crippen MR) is 260 cm³/mol. The lowest BCUT2D eigenvalue weighted by Gasteiger charge is -2.21. The minimum absolute atomic E-state index is 0.0121. The Bertz CT molecular complexity index is 3310. The van der Waals surface area contributed by atoms with E-state index in [1.54, 1.807) is 0 Å². The lowest BCUT2D eigenvalue weighted by atomic mass is 9.86. The topological polar surface area (TPSA) is 50.9 Å². The second kappa shape index (κ2) is 15.0. The van der Waals surface area contributed by atoms with Gasteiger partial charge in [0.1, 0.15) is 11.6 Å². The molecule has 0 aliphatic rings. The average Bonchev–Trinajstić information content (AvgIpc) is 3.67. The molecule has 1 N–H and O–H groups in total. The Morgan fingerprint density at radius 1 is 0.435 bits per heavy atom. The molecular formula is C58H49N3O. The molecule has 0 aliphatic carbocycles. The third-order valence-electron chi connectivity index (χ3n) is 12.3. The highest BCUT2D eigenvalue weighted by Crippen LogP contribution is 2.43. The fourth-order valence-electron chi connectivity index (χ4n) is 8.80. The fraction of sp³-hybridized carbons (Fsp3) is 0.138. The van der Waals surface area contributed by atoms with E-state index in [4.69, 9.17) is 9.97 Å². The number of phenolic OH excluding ortho intramolecular Hbond substituents is 1. The molecule has 4 heteroatoms. The summed E-state index contributed by atoms with van der Waals surface area (Å²) in [6, 6.07) is 62.4. The molecule has 10 rings (SSSR count). The zero-order valence-corrected chi connectivity index (χ0v) is 36.1. The van der Waals surface area contributed by atoms with E-state index in [1.165, 1.54) is 16.3 Å². The monoisotopic (exact) mass is 803 g/mol. The SMILES string of the molecule is CC(C)(C)c1ccc(-n2c(-c3cc(C(C)(C)C)ccc3O)nc3c(-c4cccc(-c5ccc(-c6ccccc6)c6cccnc56)c4)cc(-c4ccc5ccccc5c4)cc32)cc1. The number of imidazole rings is 1. The first kappa shape index (κ1) is 38.9. The summed E-state index contributed by atoms with van der Waals surface area (Å²) in [6.07, 6.45) is 1.88. The van der Waals surface area contributed by atoms with E-state index in [9.17, 15) is 5.11 Å². The highest BCUT2D eigenvalue weighted by Gasteiger charge is 2.25. The van der Waals surface area contributed by atoms with Gasteiger partial charge in [0.05, 0.1) is 22.1 Å². The minimum atomic E-state index is -0.138. The first-order chi connectivity index (χ1) is 29.9. The van der Waals surface area contributed by atoms with Gasteiger partial charge in [-0.05, 0) is 121 Å². The summed E-state index contributed by atoms with van der Waals surface area (Å²) in [5.41, 5.74) is 15.3. The van der Waals surface area contributed by atoms with Crippen molar-refractivity contribution in [1.29, 1.82) is 0 Å². The van der Waals surface area contributed by atoms with Crippen molar-refractivity contribution in [1.82, 2.24) is 14.5 Å². The van der Waals surface area contributed by atoms with E-state index in [0.29, 0.717) is 11.4 Å². The fourth-order valence-corrected chi connectivity index (χ4v) is 8.80. The van der Waals surface area contributed by atoms with Crippen LogP contribution >= 0.6 is 0 Å². The van der Waals surface area contributed by atoms with Crippen molar-refractivity contribution < 1.29 is 5.11 Å². The summed E-state index contributed by atoms with van der Waals surface area (Å²) < 4.78 is 2.24. The average molecular weight is 804 g/mol. The lowest BCUT2D eigenvalue weighted by molar-refractivity contribution is 0.475. The number of aromatic nitrogens is 3. The molecule has 62 heavy (non-hydrogen) atoms. The highest BCUT2D eigenvalue weighted by atomic mass is 16.3. The molecule has 0 radical (unpaired) electrons. The second-order valence-electron chi connectivity index (χ2n) is 18.5. The first-order valence-corrected chi connectivity index (χ1v) is 21.5. The maximum atomic E-state index is 11.7. The van der Waals surface area contributed by atoms with E-state index in [2.05, 4.69) is 204 Å². The summed E-state index contributed by atoms with van der Waals surface area (Å²) in [4.78, 5) is 10.5. The van der Waals surface area contributed by atoms with E-state index in [-0.39, 0.29) is 16.6 Å². The summed E-state index contributed by atoms with van der Waals surface area (Å²) in [6.45, 7) is 13.3. The van der Waals surface area contributed by atoms with Crippen LogP contribution in [-0.4, -0.2) is 19.6 Å². The summed E-state index contributed by atoms with van der Waals surface area (Å²) in [5.74, 6) is 0.879. The van der Waals surface area contributed by atoms with Gasteiger partial charge < -0.3 is 5.11 Å². The van der Waals surface area contributed by atoms with Crippen LogP contribution in [0.4, 0.5) is 0 Å². The van der Waals surface area contributed by atoms with Gasteiger partial charge in [0.15, 0.2) is 0 Å². The highest BCUT2D eigenvalue weighted by molar-refractivity contribution is 6.04. The van der Waals surface area contributed by atoms with E-state index < -0.39 is 0 Å². The summed E-state index contributed by atoms with van der Waals surface area (Å²) >= 11 is 0. The quantitative estimate of drug-likeness (QED) is 0.182. The van der Waals surface area contributed by atoms with Crippen molar-refractivity contribution in [3.63, 3.8) is 0 Å². The van der Waals surface area contributed by atoms with Crippen LogP contribution < -0.4 is 0 Å². The molecule has 0 saturated carbocycles. The van der Waals surface area contributed by atoms with Crippen LogP contribution in [0, 0.1) is 0 Å². The number of phenols is 1. The standard InChI is InChI=1S/C58H49N3O/c1-57(2,3)44-23-26-46(27-24-44)61-52-35-43(40-22-21-37-14-10-11-17-39(37)32-40)34-50(55(52)60-56(61)51-36-45(58(4,5)6)25-30-53(51)62)42-19-12-18-41(33-42)48-29-28-47(38-15-8-7-9-16-38)49-20-13-31-59-54(48)49/h7-36,62H,1-6H3. The molecule has 0 bridgehead atoms. The second-order valence-corrected chi connectivity index (χ2v) is 18.5. The minimum Gasteiger partial charge on any atom is -0.507 e. The Labute approximate surface area is 363 Å². The van der Waals surface area contributed by atoms with Crippen LogP contribution in [0.25, 0.3) is 94.3 Å². The largest absolute Gasteiger partial charge is 0.507 e. The summed E-state index contributed by atoms with van der Waals surface area (Å²) in [5, 5.41) is 15.2. The number of hydrogen-bond acceptors (Lipinski definition) is 3. The van der Waals surface area contributed by atoms with Crippen LogP contribution in [-0.2, 0) is 10.8 Å². The van der Waals surface area contributed by atoms with Crippen LogP contribution in [0.5, 0.6) is 5.75 Å². The van der Waals surface area contributed by atoms with E-state index >= 15 is 0 Å². The van der Waals surface area contributed by atoms with Gasteiger partial charge in [-0.3, -0.25) is 9.55 Å². The smallest absolute Gasteiger partial charge is 0.149 e. The third kappa shape index (κ3) is 7.02. The van der Waals surface area contributed by atoms with Crippen LogP contribution in [0.3, 0.4) is 0 Å². The summed E-state index contributed by atoms with van der Waals surface area (Å²) in [7, 11) is 0. The normalized spacial score (nSPS) is 12.1. The van der Waals surface area contributed by atoms with Gasteiger partial charge in [-0.25, -0.2) is 4.98 Å². The third-order valence-corrected chi connectivity index (χ3v) is 12.3. The number of pyridine rings is 1. The van der Waals surface area contributed by atoms with Gasteiger partial charge in [-0.15, -0.1) is 0 Å². The Morgan fingerprint density at radius 3 is 1.87 bits per heavy atom. The molecule has 0 fully saturated rings. The van der Waals surface area contributed by atoms with Crippen molar-refractivity contribution in [3.05, 3.63) is 193 Å². The predicted octanol–water partition coefficient (Wildman–Crippen LogP) is 15.4. The van der Waals surface area contributed by atoms with Crippen LogP contribution in [0.2, 0.25) is 0 Å². The Morgan fingerprint density at radius 2 is 1.11 bits per heavy atom. The Hall–Kier alpha value is -7.30. The molecule has 0 amide bonds. The van der Waals surface area contributed by atoms with Crippen LogP contribution in [0.1, 0.15) is 52.7 Å². The number of benzene rings is 8. The van der Waals surface area contributed by atoms with E-state index in [1.807, 2.05) is 24.4 Å². The van der Waals surface area contributed by atoms with Crippen LogP contribution in [0.15, 0.2) is 182 Å². The molecule has 302 valence electrons. The number of nitrogens with zero attached hydrogens (tertiary/aromatic N) is 3. The Balaban J connectivity index is 1.25. The Kier molecular flexibility index (Phi) is 9.41. The van der Waals surface area contributed by atoms with Crippen molar-refractivity contribution in [2.75, 3.05) is 0 Å². The van der Waals surface area contributed by atoms with Crippen molar-refractivity contribution >= 4 is 32.7 Å². The number of fused-ring (bicyclic) bond motifs is 3. The maximum Gasteiger partial charge on any atom is 0.149 e. The molecule has 0 saturated heterocycles. The molecule has 0 spiro atoms. The number of aromatic hydroxyl groups is 1. The van der Waals surface area contributed by atoms with Gasteiger partial charge in [0.25, 0.3) is 0 Å². The van der Waals surface area contributed by atoms with Crippen molar-refractivity contribution in [3.8, 4) is 67.3 Å². The van der Waals surface area contributed by atoms with Gasteiger partial charge in [-0.2, -0.15) is 0 Å². The molecular weight excluding hydrogens is 755 g/mol. The molecule has 2 aromatic heterocycles. The molecule has 0 unspecified atom stereocenters. The first-order valence-electron chi connectivity index (χ1n) is 21.5. The number of hydrogen-bond donors (Lipinski definition) is 1. The van der Waals surface area contributed by atoms with Gasteiger partial charge in [-0.1, -0.05) is 163 Å². The molecule has 0 aliphatic heterocycles. The molecule has 4 nitrogen and oxygen atoms in total. The van der Waals surface area contributed by atoms with Gasteiger partial charge >= 0.3 is 0 Å². The van der Waals surface area contributed by atoms with E-state index in [0.717, 1.165) is 77.7 Å². The molecule has 2 heterocycles. The zero-order valence-electron chi connectivity index (χ0n) is 36.1. The zero-order chi connectivity index (χ0) is 42.8. The maximum absolute atomic E-state index is 11.7.